The van der Waals surface area contributed by atoms with E-state index in [-0.39, 0.29) is 0 Å². The van der Waals surface area contributed by atoms with Gasteiger partial charge in [-0.1, -0.05) is 0 Å². The quantitative estimate of drug-likeness (QED) is 0.700. The minimum Gasteiger partial charge on any atom is -0.369 e. The predicted octanol–water partition coefficient (Wildman–Crippen LogP) is 0.455. The average molecular weight is 239 g/mol. The van der Waals surface area contributed by atoms with Crippen LogP contribution in [0.15, 0.2) is 0 Å². The van der Waals surface area contributed by atoms with E-state index in [2.05, 4.69) is 18.9 Å². The first-order chi connectivity index (χ1) is 6.84. The summed E-state index contributed by atoms with van der Waals surface area (Å²) in [6, 6.07) is -0.916. The molecule has 8 heteroatoms. The van der Waals surface area contributed by atoms with Crippen molar-refractivity contribution in [3.8, 4) is 0 Å². The molecule has 0 rings (SSSR count). The van der Waals surface area contributed by atoms with E-state index in [0.29, 0.717) is 0 Å². The van der Waals surface area contributed by atoms with Gasteiger partial charge in [0.25, 0.3) is 0 Å². The first-order valence-electron chi connectivity index (χ1n) is 4.06. The Morgan fingerprint density at radius 2 is 1.73 bits per heavy atom. The highest BCUT2D eigenvalue weighted by Gasteiger charge is 2.30. The fraction of sp³-hybridized carbons (Fsp3) is 0.714. The van der Waals surface area contributed by atoms with Gasteiger partial charge in [0.05, 0.1) is 0 Å². The third kappa shape index (κ3) is 4.92. The van der Waals surface area contributed by atoms with Gasteiger partial charge in [-0.3, -0.25) is 13.8 Å². The molecule has 1 atom stereocenters. The van der Waals surface area contributed by atoms with Gasteiger partial charge in [-0.2, -0.15) is 0 Å². The van der Waals surface area contributed by atoms with Gasteiger partial charge in [-0.15, -0.1) is 0 Å². The maximum Gasteiger partial charge on any atom is 0.531 e. The van der Waals surface area contributed by atoms with Gasteiger partial charge in [-0.25, -0.2) is 9.36 Å². The fourth-order valence-electron chi connectivity index (χ4n) is 0.702. The summed E-state index contributed by atoms with van der Waals surface area (Å²) in [6.45, 7) is 2.63. The van der Waals surface area contributed by atoms with Crippen LogP contribution < -0.4 is 5.32 Å². The Morgan fingerprint density at radius 3 is 2.07 bits per heavy atom. The molecule has 0 aliphatic carbocycles. The highest BCUT2D eigenvalue weighted by Crippen LogP contribution is 2.47. The van der Waals surface area contributed by atoms with Crippen LogP contribution in [0.5, 0.6) is 0 Å². The minimum absolute atomic E-state index is 0.399. The van der Waals surface area contributed by atoms with Gasteiger partial charge in [0.15, 0.2) is 0 Å². The van der Waals surface area contributed by atoms with Crippen molar-refractivity contribution in [2.45, 2.75) is 19.9 Å². The molecular weight excluding hydrogens is 225 g/mol. The Hall–Kier alpha value is -0.910. The molecule has 0 radical (unpaired) electrons. The minimum atomic E-state index is -3.84. The summed E-state index contributed by atoms with van der Waals surface area (Å²) in [4.78, 5) is 21.9. The standard InChI is InChI=1S/C7H14NO6P/c1-5(8-6(2)9)7(10)14-15(11,12-3)13-4/h5H,1-4H3,(H,8,9). The van der Waals surface area contributed by atoms with Crippen molar-refractivity contribution in [1.29, 1.82) is 0 Å². The van der Waals surface area contributed by atoms with Crippen molar-refractivity contribution in [2.24, 2.45) is 0 Å². The largest absolute Gasteiger partial charge is 0.531 e. The van der Waals surface area contributed by atoms with Gasteiger partial charge in [0.2, 0.25) is 5.91 Å². The maximum atomic E-state index is 11.4. The summed E-state index contributed by atoms with van der Waals surface area (Å²) in [5.74, 6) is -1.29. The monoisotopic (exact) mass is 239 g/mol. The second kappa shape index (κ2) is 5.85. The second-order valence-corrected chi connectivity index (χ2v) is 4.45. The van der Waals surface area contributed by atoms with Crippen LogP contribution in [0, 0.1) is 0 Å². The zero-order valence-electron chi connectivity index (χ0n) is 8.97. The van der Waals surface area contributed by atoms with E-state index in [1.54, 1.807) is 0 Å². The molecule has 88 valence electrons. The van der Waals surface area contributed by atoms with Crippen LogP contribution in [0.25, 0.3) is 0 Å². The summed E-state index contributed by atoms with van der Waals surface area (Å²) >= 11 is 0. The molecule has 15 heavy (non-hydrogen) atoms. The zero-order valence-corrected chi connectivity index (χ0v) is 9.87. The molecule has 0 aromatic carbocycles. The molecule has 1 unspecified atom stereocenters. The third-order valence-electron chi connectivity index (χ3n) is 1.42. The van der Waals surface area contributed by atoms with Gasteiger partial charge < -0.3 is 9.84 Å². The van der Waals surface area contributed by atoms with Crippen molar-refractivity contribution < 1.29 is 27.7 Å². The number of phosphoric ester groups is 1. The van der Waals surface area contributed by atoms with E-state index in [4.69, 9.17) is 0 Å². The van der Waals surface area contributed by atoms with Crippen LogP contribution >= 0.6 is 7.82 Å². The summed E-state index contributed by atoms with van der Waals surface area (Å²) in [5.41, 5.74) is 0. The number of phosphoric acid groups is 1. The van der Waals surface area contributed by atoms with Gasteiger partial charge in [0.1, 0.15) is 6.04 Å². The zero-order chi connectivity index (χ0) is 12.1. The molecule has 0 saturated heterocycles. The number of amides is 1. The lowest BCUT2D eigenvalue weighted by atomic mass is 10.3. The number of carbonyl (C=O) groups excluding carboxylic acids is 2. The molecule has 0 saturated carbocycles. The van der Waals surface area contributed by atoms with Crippen LogP contribution in [0.1, 0.15) is 13.8 Å². The molecule has 1 N–H and O–H groups in total. The second-order valence-electron chi connectivity index (χ2n) is 2.64. The molecule has 1 amide bonds. The summed E-state index contributed by atoms with van der Waals surface area (Å²) < 4.78 is 24.6. The average Bonchev–Trinajstić information content (AvgIpc) is 2.16. The lowest BCUT2D eigenvalue weighted by Crippen LogP contribution is -2.37. The highest BCUT2D eigenvalue weighted by atomic mass is 31.2. The van der Waals surface area contributed by atoms with Crippen molar-refractivity contribution in [3.63, 3.8) is 0 Å². The topological polar surface area (TPSA) is 90.9 Å². The lowest BCUT2D eigenvalue weighted by molar-refractivity contribution is -0.140. The molecule has 0 aliphatic heterocycles. The maximum absolute atomic E-state index is 11.4. The molecule has 0 aliphatic rings. The first-order valence-corrected chi connectivity index (χ1v) is 5.52. The Morgan fingerprint density at radius 1 is 1.27 bits per heavy atom. The third-order valence-corrected chi connectivity index (χ3v) is 2.72. The van der Waals surface area contributed by atoms with Gasteiger partial charge >= 0.3 is 13.8 Å². The normalized spacial score (nSPS) is 13.1. The van der Waals surface area contributed by atoms with Crippen LogP contribution in [0.2, 0.25) is 0 Å². The number of hydrogen-bond acceptors (Lipinski definition) is 6. The Balaban J connectivity index is 4.35. The highest BCUT2D eigenvalue weighted by molar-refractivity contribution is 7.49. The van der Waals surface area contributed by atoms with E-state index in [9.17, 15) is 14.2 Å². The van der Waals surface area contributed by atoms with Crippen LogP contribution in [-0.4, -0.2) is 32.1 Å². The summed E-state index contributed by atoms with van der Waals surface area (Å²) in [6.07, 6.45) is 0. The van der Waals surface area contributed by atoms with E-state index >= 15 is 0 Å². The van der Waals surface area contributed by atoms with Crippen molar-refractivity contribution in [1.82, 2.24) is 5.32 Å². The molecule has 0 aromatic heterocycles. The molecule has 0 bridgehead atoms. The van der Waals surface area contributed by atoms with E-state index in [1.165, 1.54) is 13.8 Å². The smallest absolute Gasteiger partial charge is 0.369 e. The molecular formula is C7H14NO6P. The fourth-order valence-corrected chi connectivity index (χ4v) is 1.38. The molecule has 0 aromatic rings. The number of nitrogens with one attached hydrogen (secondary N) is 1. The SMILES string of the molecule is COP(=O)(OC)OC(=O)C(C)NC(C)=O. The van der Waals surface area contributed by atoms with Crippen LogP contribution in [0.3, 0.4) is 0 Å². The van der Waals surface area contributed by atoms with E-state index in [0.717, 1.165) is 14.2 Å². The van der Waals surface area contributed by atoms with Crippen LogP contribution in [-0.2, 0) is 27.7 Å². The number of carbonyl (C=O) groups is 2. The Bertz CT molecular complexity index is 283. The van der Waals surface area contributed by atoms with E-state index in [1.807, 2.05) is 0 Å². The van der Waals surface area contributed by atoms with Crippen molar-refractivity contribution in [3.05, 3.63) is 0 Å². The van der Waals surface area contributed by atoms with Gasteiger partial charge in [0, 0.05) is 21.1 Å². The molecule has 0 heterocycles. The molecule has 0 fully saturated rings. The Labute approximate surface area is 87.7 Å². The molecule has 7 nitrogen and oxygen atoms in total. The van der Waals surface area contributed by atoms with Gasteiger partial charge in [-0.05, 0) is 6.92 Å². The van der Waals surface area contributed by atoms with Crippen molar-refractivity contribution >= 4 is 19.7 Å². The predicted molar refractivity (Wildman–Crippen MR) is 51.0 cm³/mol. The summed E-state index contributed by atoms with van der Waals surface area (Å²) in [5, 5.41) is 2.27. The number of rotatable bonds is 5. The Kier molecular flexibility index (Phi) is 5.49. The molecule has 0 spiro atoms. The first kappa shape index (κ1) is 14.1. The lowest BCUT2D eigenvalue weighted by Gasteiger charge is -2.16. The van der Waals surface area contributed by atoms with E-state index < -0.39 is 25.7 Å². The number of hydrogen-bond donors (Lipinski definition) is 1. The van der Waals surface area contributed by atoms with Crippen molar-refractivity contribution in [2.75, 3.05) is 14.2 Å². The summed E-state index contributed by atoms with van der Waals surface area (Å²) in [7, 11) is -1.67. The van der Waals surface area contributed by atoms with Crippen LogP contribution in [0.4, 0.5) is 0 Å².